The van der Waals surface area contributed by atoms with E-state index in [-0.39, 0.29) is 76.8 Å². The molecule has 1 heterocycles. The van der Waals surface area contributed by atoms with Crippen molar-refractivity contribution in [2.75, 3.05) is 33.0 Å². The molecule has 2 unspecified atom stereocenters. The number of nitrogens with one attached hydrogen (secondary N) is 1. The number of ketones is 2. The molecule has 5 rings (SSSR count). The first-order chi connectivity index (χ1) is 28.1. The molecular weight excluding hydrogens is 808 g/mol. The predicted octanol–water partition coefficient (Wildman–Crippen LogP) is 3.31. The number of hydrogen-bond acceptors (Lipinski definition) is 17. The number of unbranched alkanes of at least 4 members (excludes halogenated alkanes) is 3. The summed E-state index contributed by atoms with van der Waals surface area (Å²) in [4.78, 5) is 94.2. The third kappa shape index (κ3) is 8.95. The SMILES string of the molecule is CC1(C)O[C@H]2CC3C4C[C@H](F)C5=CC(=O)C=C[C@]5(C)[C@@]4(F)[C@@H](O)C[C@]3(C)[C@@]2(C(=O)COC(=O)OC[C@H](NC(=O)CCCCCO[N+](=O)[O-])C(=O)OCCCCO[N+](=O)[O-])O1. The van der Waals surface area contributed by atoms with Crippen molar-refractivity contribution in [1.29, 1.82) is 0 Å². The highest BCUT2D eigenvalue weighted by atomic mass is 19.1. The molecule has 0 bridgehead atoms. The largest absolute Gasteiger partial charge is 0.508 e. The van der Waals surface area contributed by atoms with Gasteiger partial charge < -0.3 is 43.8 Å². The van der Waals surface area contributed by atoms with Crippen molar-refractivity contribution < 1.29 is 81.4 Å². The molecule has 3 saturated carbocycles. The summed E-state index contributed by atoms with van der Waals surface area (Å²) in [7, 11) is 0. The number of nitrogens with zero attached hydrogens (tertiary/aromatic N) is 2. The normalized spacial score (nSPS) is 33.8. The number of esters is 1. The Morgan fingerprint density at radius 3 is 2.27 bits per heavy atom. The second-order valence-electron chi connectivity index (χ2n) is 16.6. The fourth-order valence-electron chi connectivity index (χ4n) is 9.98. The lowest BCUT2D eigenvalue weighted by Gasteiger charge is -2.63. The molecular formula is C38H51F2N3O17. The zero-order valence-electron chi connectivity index (χ0n) is 33.7. The molecule has 4 aliphatic carbocycles. The molecule has 0 radical (unpaired) electrons. The lowest BCUT2D eigenvalue weighted by atomic mass is 9.44. The summed E-state index contributed by atoms with van der Waals surface area (Å²) < 4.78 is 61.7. The minimum atomic E-state index is -2.44. The highest BCUT2D eigenvalue weighted by molar-refractivity contribution is 6.01. The van der Waals surface area contributed by atoms with E-state index in [0.29, 0.717) is 6.42 Å². The molecule has 1 amide bonds. The minimum Gasteiger partial charge on any atom is -0.464 e. The highest BCUT2D eigenvalue weighted by Crippen LogP contribution is 2.72. The molecule has 20 nitrogen and oxygen atoms in total. The van der Waals surface area contributed by atoms with Crippen LogP contribution in [0.25, 0.3) is 0 Å². The van der Waals surface area contributed by atoms with Crippen LogP contribution in [0, 0.1) is 42.9 Å². The third-order valence-electron chi connectivity index (χ3n) is 12.6. The van der Waals surface area contributed by atoms with E-state index in [1.807, 2.05) is 0 Å². The molecule has 1 aliphatic heterocycles. The van der Waals surface area contributed by atoms with Crippen molar-refractivity contribution in [3.05, 3.63) is 44.0 Å². The van der Waals surface area contributed by atoms with Crippen molar-refractivity contribution >= 4 is 29.6 Å². The van der Waals surface area contributed by atoms with Crippen LogP contribution in [-0.2, 0) is 52.5 Å². The van der Waals surface area contributed by atoms with Gasteiger partial charge in [0, 0.05) is 23.2 Å². The fourth-order valence-corrected chi connectivity index (χ4v) is 9.98. The number of aliphatic hydroxyl groups is 1. The molecule has 2 N–H and O–H groups in total. The Hall–Kier alpha value is -4.83. The van der Waals surface area contributed by atoms with Gasteiger partial charge in [-0.2, -0.15) is 0 Å². The second-order valence-corrected chi connectivity index (χ2v) is 16.6. The monoisotopic (exact) mass is 859 g/mol. The first-order valence-electron chi connectivity index (χ1n) is 19.8. The van der Waals surface area contributed by atoms with Crippen molar-refractivity contribution in [1.82, 2.24) is 5.32 Å². The standard InChI is InChI=1S/C38H51F2N3O17/c1-34(2)59-30-18-23-24-17-26(39)25-16-22(44)11-12-35(25,3)37(24,40)28(45)19-36(23,4)38(30,60-34)29(46)21-56-33(49)55-20-27(32(48)54-13-8-9-15-58-43(52)53)41-31(47)10-6-5-7-14-57-42(50)51/h11-12,16,23-24,26-28,30,45H,5-10,13-15,17-21H2,1-4H3,(H,41,47)/t23?,24?,26-,27-,28-,30-,35-,36-,37-,38-/m0/s1. The predicted molar refractivity (Wildman–Crippen MR) is 196 cm³/mol. The maximum Gasteiger partial charge on any atom is 0.508 e. The number of alkyl halides is 2. The summed E-state index contributed by atoms with van der Waals surface area (Å²) in [6.07, 6.45) is -2.02. The first-order valence-corrected chi connectivity index (χ1v) is 19.8. The molecule has 0 aromatic carbocycles. The van der Waals surface area contributed by atoms with Gasteiger partial charge in [0.1, 0.15) is 12.8 Å². The van der Waals surface area contributed by atoms with E-state index < -0.39 is 117 Å². The molecule has 22 heteroatoms. The number of allylic oxidation sites excluding steroid dienone is 4. The van der Waals surface area contributed by atoms with Crippen LogP contribution in [0.1, 0.15) is 85.5 Å². The molecule has 10 atom stereocenters. The number of Topliss-reactive ketones (excluding diaryl/α,β-unsaturated/α-hetero) is 1. The van der Waals surface area contributed by atoms with Crippen LogP contribution >= 0.6 is 0 Å². The number of ether oxygens (including phenoxy) is 5. The van der Waals surface area contributed by atoms with Gasteiger partial charge in [-0.3, -0.25) is 14.4 Å². The number of halogens is 2. The maximum atomic E-state index is 17.7. The molecule has 1 saturated heterocycles. The average Bonchev–Trinajstić information content (AvgIpc) is 3.58. The Morgan fingerprint density at radius 2 is 1.60 bits per heavy atom. The van der Waals surface area contributed by atoms with Crippen molar-refractivity contribution in [2.24, 2.45) is 22.7 Å². The summed E-state index contributed by atoms with van der Waals surface area (Å²) in [5, 5.41) is 32.9. The summed E-state index contributed by atoms with van der Waals surface area (Å²) in [5.41, 5.74) is -7.45. The van der Waals surface area contributed by atoms with Crippen LogP contribution in [0.3, 0.4) is 0 Å². The minimum absolute atomic E-state index is 0.0303. The lowest BCUT2D eigenvalue weighted by Crippen LogP contribution is -2.71. The van der Waals surface area contributed by atoms with Crippen LogP contribution in [0.2, 0.25) is 0 Å². The van der Waals surface area contributed by atoms with Crippen LogP contribution in [-0.4, -0.2) is 119 Å². The first kappa shape index (κ1) is 46.2. The van der Waals surface area contributed by atoms with E-state index in [2.05, 4.69) is 15.0 Å². The highest BCUT2D eigenvalue weighted by Gasteiger charge is 2.80. The van der Waals surface area contributed by atoms with Crippen LogP contribution < -0.4 is 5.32 Å². The van der Waals surface area contributed by atoms with E-state index >= 15 is 8.78 Å². The molecule has 0 aromatic heterocycles. The van der Waals surface area contributed by atoms with E-state index in [4.69, 9.17) is 23.7 Å². The Bertz CT molecular complexity index is 1780. The third-order valence-corrected chi connectivity index (χ3v) is 12.6. The number of carbonyl (C=O) groups excluding carboxylic acids is 5. The van der Waals surface area contributed by atoms with E-state index in [1.54, 1.807) is 20.8 Å². The Labute approximate surface area is 342 Å². The molecule has 0 spiro atoms. The topological polar surface area (TPSA) is 268 Å². The number of aliphatic hydroxyl groups excluding tert-OH is 1. The van der Waals surface area contributed by atoms with Gasteiger partial charge in [-0.05, 0) is 89.4 Å². The van der Waals surface area contributed by atoms with Crippen LogP contribution in [0.5, 0.6) is 0 Å². The van der Waals surface area contributed by atoms with Crippen molar-refractivity contribution in [3.63, 3.8) is 0 Å². The summed E-state index contributed by atoms with van der Waals surface area (Å²) >= 11 is 0. The van der Waals surface area contributed by atoms with Crippen molar-refractivity contribution in [2.45, 2.75) is 127 Å². The van der Waals surface area contributed by atoms with Crippen LogP contribution in [0.4, 0.5) is 13.6 Å². The van der Waals surface area contributed by atoms with Gasteiger partial charge in [0.15, 0.2) is 35.5 Å². The van der Waals surface area contributed by atoms with Crippen LogP contribution in [0.15, 0.2) is 23.8 Å². The van der Waals surface area contributed by atoms with Gasteiger partial charge >= 0.3 is 12.1 Å². The van der Waals surface area contributed by atoms with Gasteiger partial charge in [-0.25, -0.2) is 18.4 Å². The number of rotatable bonds is 20. The zero-order chi connectivity index (χ0) is 44.3. The molecule has 4 fully saturated rings. The second kappa shape index (κ2) is 18.0. The van der Waals surface area contributed by atoms with Gasteiger partial charge in [0.2, 0.25) is 11.7 Å². The van der Waals surface area contributed by atoms with Crippen molar-refractivity contribution in [3.8, 4) is 0 Å². The van der Waals surface area contributed by atoms with Gasteiger partial charge in [0.05, 0.1) is 32.0 Å². The quantitative estimate of drug-likeness (QED) is 0.0769. The average molecular weight is 860 g/mol. The summed E-state index contributed by atoms with van der Waals surface area (Å²) in [5.74, 6) is -6.29. The molecule has 334 valence electrons. The van der Waals surface area contributed by atoms with E-state index in [1.165, 1.54) is 13.0 Å². The number of hydrogen-bond donors (Lipinski definition) is 2. The zero-order valence-corrected chi connectivity index (χ0v) is 33.7. The lowest BCUT2D eigenvalue weighted by molar-refractivity contribution is -0.757. The smallest absolute Gasteiger partial charge is 0.464 e. The van der Waals surface area contributed by atoms with E-state index in [9.17, 15) is 49.3 Å². The Morgan fingerprint density at radius 1 is 0.950 bits per heavy atom. The number of fused-ring (bicyclic) bond motifs is 7. The van der Waals surface area contributed by atoms with E-state index in [0.717, 1.165) is 12.2 Å². The number of carbonyl (C=O) groups is 5. The molecule has 60 heavy (non-hydrogen) atoms. The van der Waals surface area contributed by atoms with Gasteiger partial charge in [-0.15, -0.1) is 20.2 Å². The maximum absolute atomic E-state index is 17.7. The van der Waals surface area contributed by atoms with Gasteiger partial charge in [-0.1, -0.05) is 19.4 Å². The molecule has 0 aromatic rings. The Kier molecular flexibility index (Phi) is 13.9. The number of amides is 1. The summed E-state index contributed by atoms with van der Waals surface area (Å²) in [6.45, 7) is 3.77. The summed E-state index contributed by atoms with van der Waals surface area (Å²) in [6, 6.07) is -1.56. The fraction of sp³-hybridized carbons (Fsp3) is 0.763. The molecule has 5 aliphatic rings. The Balaban J connectivity index is 1.25. The van der Waals surface area contributed by atoms with Gasteiger partial charge in [0.25, 0.3) is 10.2 Å².